The molecule has 1 aromatic carbocycles. The van der Waals surface area contributed by atoms with Crippen molar-refractivity contribution >= 4 is 22.9 Å². The number of hydrogen-bond donors (Lipinski definition) is 1. The molecule has 2 atom stereocenters. The lowest BCUT2D eigenvalue weighted by molar-refractivity contribution is 0.136. The maximum atomic E-state index is 13.3. The number of aryl methyl sites for hydroxylation is 1. The average molecular weight is 297 g/mol. The van der Waals surface area contributed by atoms with Gasteiger partial charge < -0.3 is 5.11 Å². The number of fused-ring (bicyclic) bond motifs is 1. The Bertz CT molecular complexity index is 596. The van der Waals surface area contributed by atoms with Crippen LogP contribution in [-0.2, 0) is 6.42 Å². The van der Waals surface area contributed by atoms with E-state index >= 15 is 0 Å². The molecule has 1 N–H and O–H groups in total. The minimum absolute atomic E-state index is 0.0225. The van der Waals surface area contributed by atoms with Crippen molar-refractivity contribution in [2.45, 2.75) is 31.3 Å². The van der Waals surface area contributed by atoms with Gasteiger partial charge in [-0.25, -0.2) is 4.39 Å². The molecule has 2 unspecified atom stereocenters. The number of benzene rings is 1. The van der Waals surface area contributed by atoms with Crippen LogP contribution < -0.4 is 0 Å². The quantitative estimate of drug-likeness (QED) is 0.852. The summed E-state index contributed by atoms with van der Waals surface area (Å²) in [5, 5.41) is 13.1. The zero-order chi connectivity index (χ0) is 13.4. The molecule has 4 heteroatoms. The molecule has 19 heavy (non-hydrogen) atoms. The fourth-order valence-corrected chi connectivity index (χ4v) is 4.03. The van der Waals surface area contributed by atoms with Crippen LogP contribution in [0.1, 0.15) is 40.9 Å². The zero-order valence-corrected chi connectivity index (χ0v) is 11.8. The lowest BCUT2D eigenvalue weighted by atomic mass is 9.81. The molecular formula is C15H14ClFOS. The van der Waals surface area contributed by atoms with Gasteiger partial charge in [-0.2, -0.15) is 0 Å². The highest BCUT2D eigenvalue weighted by molar-refractivity contribution is 7.10. The smallest absolute Gasteiger partial charge is 0.123 e. The second-order valence-electron chi connectivity index (χ2n) is 4.91. The third kappa shape index (κ3) is 2.42. The summed E-state index contributed by atoms with van der Waals surface area (Å²) in [6, 6.07) is 6.23. The van der Waals surface area contributed by atoms with Gasteiger partial charge in [-0.3, -0.25) is 0 Å². The monoisotopic (exact) mass is 296 g/mol. The Hall–Kier alpha value is -0.900. The summed E-state index contributed by atoms with van der Waals surface area (Å²) in [6.45, 7) is 0. The van der Waals surface area contributed by atoms with Gasteiger partial charge in [-0.15, -0.1) is 11.3 Å². The molecule has 0 fully saturated rings. The van der Waals surface area contributed by atoms with Crippen LogP contribution in [0.2, 0.25) is 5.02 Å². The van der Waals surface area contributed by atoms with Crippen molar-refractivity contribution < 1.29 is 9.50 Å². The Morgan fingerprint density at radius 1 is 1.37 bits per heavy atom. The van der Waals surface area contributed by atoms with E-state index in [0.717, 1.165) is 19.3 Å². The molecule has 2 aromatic rings. The molecule has 0 spiro atoms. The van der Waals surface area contributed by atoms with E-state index in [2.05, 4.69) is 11.4 Å². The summed E-state index contributed by atoms with van der Waals surface area (Å²) in [5.74, 6) is -0.339. The Morgan fingerprint density at radius 2 is 2.21 bits per heavy atom. The molecule has 3 rings (SSSR count). The second-order valence-corrected chi connectivity index (χ2v) is 6.32. The molecule has 0 saturated heterocycles. The molecule has 100 valence electrons. The second kappa shape index (κ2) is 5.23. The van der Waals surface area contributed by atoms with Gasteiger partial charge in [0.15, 0.2) is 0 Å². The minimum atomic E-state index is -0.739. The van der Waals surface area contributed by atoms with Gasteiger partial charge >= 0.3 is 0 Å². The molecular weight excluding hydrogens is 283 g/mol. The van der Waals surface area contributed by atoms with Crippen molar-refractivity contribution in [1.82, 2.24) is 0 Å². The Labute approximate surface area is 120 Å². The summed E-state index contributed by atoms with van der Waals surface area (Å²) in [5.41, 5.74) is 1.69. The van der Waals surface area contributed by atoms with Crippen LogP contribution in [-0.4, -0.2) is 5.11 Å². The standard InChI is InChI=1S/C15H14ClFOS/c16-13-5-4-9(17)8-12(13)15(18)11-2-1-3-14-10(11)6-7-19-14/h4-8,11,15,18H,1-3H2. The normalized spacial score (nSPS) is 20.1. The van der Waals surface area contributed by atoms with E-state index in [1.54, 1.807) is 11.3 Å². The molecule has 1 aliphatic carbocycles. The molecule has 1 nitrogen and oxygen atoms in total. The lowest BCUT2D eigenvalue weighted by Gasteiger charge is -2.28. The first-order chi connectivity index (χ1) is 9.16. The SMILES string of the molecule is OC(c1cc(F)ccc1Cl)C1CCCc2sccc21. The van der Waals surface area contributed by atoms with E-state index in [4.69, 9.17) is 11.6 Å². The number of halogens is 2. The molecule has 0 aliphatic heterocycles. The van der Waals surface area contributed by atoms with Gasteiger partial charge in [0.2, 0.25) is 0 Å². The van der Waals surface area contributed by atoms with E-state index < -0.39 is 6.10 Å². The number of aliphatic hydroxyl groups is 1. The summed E-state index contributed by atoms with van der Waals surface area (Å²) in [4.78, 5) is 1.34. The van der Waals surface area contributed by atoms with Gasteiger partial charge in [0.25, 0.3) is 0 Å². The van der Waals surface area contributed by atoms with Crippen LogP contribution in [0.15, 0.2) is 29.6 Å². The zero-order valence-electron chi connectivity index (χ0n) is 10.3. The van der Waals surface area contributed by atoms with Crippen LogP contribution in [0.3, 0.4) is 0 Å². The summed E-state index contributed by atoms with van der Waals surface area (Å²) in [6.07, 6.45) is 2.31. The maximum absolute atomic E-state index is 13.3. The van der Waals surface area contributed by atoms with Crippen molar-refractivity contribution in [1.29, 1.82) is 0 Å². The van der Waals surface area contributed by atoms with E-state index in [1.807, 2.05) is 0 Å². The van der Waals surface area contributed by atoms with Crippen LogP contribution in [0.4, 0.5) is 4.39 Å². The summed E-state index contributed by atoms with van der Waals surface area (Å²) < 4.78 is 13.3. The molecule has 0 amide bonds. The molecule has 0 bridgehead atoms. The Morgan fingerprint density at radius 3 is 3.05 bits per heavy atom. The van der Waals surface area contributed by atoms with Crippen LogP contribution >= 0.6 is 22.9 Å². The topological polar surface area (TPSA) is 20.2 Å². The highest BCUT2D eigenvalue weighted by Crippen LogP contribution is 2.43. The first-order valence-electron chi connectivity index (χ1n) is 6.36. The van der Waals surface area contributed by atoms with Crippen molar-refractivity contribution in [2.24, 2.45) is 0 Å². The van der Waals surface area contributed by atoms with E-state index in [0.29, 0.717) is 10.6 Å². The molecule has 1 aromatic heterocycles. The van der Waals surface area contributed by atoms with Crippen LogP contribution in [0.5, 0.6) is 0 Å². The summed E-state index contributed by atoms with van der Waals surface area (Å²) >= 11 is 7.82. The largest absolute Gasteiger partial charge is 0.388 e. The van der Waals surface area contributed by atoms with Crippen molar-refractivity contribution in [2.75, 3.05) is 0 Å². The van der Waals surface area contributed by atoms with E-state index in [1.165, 1.54) is 28.6 Å². The van der Waals surface area contributed by atoms with Gasteiger partial charge in [0.05, 0.1) is 6.10 Å². The first-order valence-corrected chi connectivity index (χ1v) is 7.62. The number of hydrogen-bond acceptors (Lipinski definition) is 2. The number of rotatable bonds is 2. The molecule has 1 heterocycles. The predicted octanol–water partition coefficient (Wildman–Crippen LogP) is 4.69. The Balaban J connectivity index is 1.97. The fraction of sp³-hybridized carbons (Fsp3) is 0.333. The van der Waals surface area contributed by atoms with Gasteiger partial charge in [0.1, 0.15) is 5.82 Å². The van der Waals surface area contributed by atoms with E-state index in [9.17, 15) is 9.50 Å². The molecule has 1 aliphatic rings. The van der Waals surface area contributed by atoms with Gasteiger partial charge in [-0.05, 0) is 54.5 Å². The van der Waals surface area contributed by atoms with Crippen molar-refractivity contribution in [3.8, 4) is 0 Å². The van der Waals surface area contributed by atoms with Gasteiger partial charge in [-0.1, -0.05) is 11.6 Å². The summed E-state index contributed by atoms with van der Waals surface area (Å²) in [7, 11) is 0. The third-order valence-electron chi connectivity index (χ3n) is 3.76. The first kappa shape index (κ1) is 13.1. The van der Waals surface area contributed by atoms with Crippen LogP contribution in [0.25, 0.3) is 0 Å². The third-order valence-corrected chi connectivity index (χ3v) is 5.10. The van der Waals surface area contributed by atoms with Crippen molar-refractivity contribution in [3.05, 3.63) is 56.5 Å². The number of aliphatic hydroxyl groups excluding tert-OH is 1. The minimum Gasteiger partial charge on any atom is -0.388 e. The predicted molar refractivity (Wildman–Crippen MR) is 76.4 cm³/mol. The fourth-order valence-electron chi connectivity index (χ4n) is 2.81. The lowest BCUT2D eigenvalue weighted by Crippen LogP contribution is -2.16. The maximum Gasteiger partial charge on any atom is 0.123 e. The van der Waals surface area contributed by atoms with E-state index in [-0.39, 0.29) is 11.7 Å². The Kier molecular flexibility index (Phi) is 3.61. The van der Waals surface area contributed by atoms with Crippen molar-refractivity contribution in [3.63, 3.8) is 0 Å². The number of thiophene rings is 1. The highest BCUT2D eigenvalue weighted by atomic mass is 35.5. The van der Waals surface area contributed by atoms with Crippen LogP contribution in [0, 0.1) is 5.82 Å². The molecule has 0 saturated carbocycles. The van der Waals surface area contributed by atoms with Gasteiger partial charge in [0, 0.05) is 21.4 Å². The highest BCUT2D eigenvalue weighted by Gasteiger charge is 2.29. The average Bonchev–Trinajstić information content (AvgIpc) is 2.89. The molecule has 0 radical (unpaired) electrons.